The maximum absolute atomic E-state index is 11.5. The Morgan fingerprint density at radius 3 is 2.04 bits per heavy atom. The van der Waals surface area contributed by atoms with E-state index in [4.69, 9.17) is 0 Å². The van der Waals surface area contributed by atoms with Gasteiger partial charge in [-0.25, -0.2) is 0 Å². The highest BCUT2D eigenvalue weighted by Crippen LogP contribution is 2.30. The zero-order valence-electron chi connectivity index (χ0n) is 15.7. The van der Waals surface area contributed by atoms with Crippen molar-refractivity contribution in [2.75, 3.05) is 11.9 Å². The van der Waals surface area contributed by atoms with Gasteiger partial charge in [0.25, 0.3) is 5.69 Å². The average molecular weight is 374 g/mol. The van der Waals surface area contributed by atoms with Gasteiger partial charge in [0.2, 0.25) is 0 Å². The van der Waals surface area contributed by atoms with Crippen molar-refractivity contribution in [1.29, 1.82) is 0 Å². The van der Waals surface area contributed by atoms with Crippen molar-refractivity contribution in [1.82, 2.24) is 0 Å². The highest BCUT2D eigenvalue weighted by atomic mass is 16.6. The summed E-state index contributed by atoms with van der Waals surface area (Å²) in [4.78, 5) is 22.4. The third kappa shape index (κ3) is 4.62. The lowest BCUT2D eigenvalue weighted by Gasteiger charge is -2.19. The molecule has 0 aliphatic rings. The van der Waals surface area contributed by atoms with Crippen molar-refractivity contribution in [3.63, 3.8) is 0 Å². The van der Waals surface area contributed by atoms with Gasteiger partial charge in [0.05, 0.1) is 4.92 Å². The summed E-state index contributed by atoms with van der Waals surface area (Å²) < 4.78 is 0. The van der Waals surface area contributed by atoms with Crippen LogP contribution < -0.4 is 5.32 Å². The van der Waals surface area contributed by atoms with Crippen LogP contribution in [0.2, 0.25) is 0 Å². The van der Waals surface area contributed by atoms with Crippen molar-refractivity contribution in [2.24, 2.45) is 0 Å². The van der Waals surface area contributed by atoms with Gasteiger partial charge < -0.3 is 5.32 Å². The largest absolute Gasteiger partial charge is 0.379 e. The summed E-state index contributed by atoms with van der Waals surface area (Å²) in [5, 5.41) is 14.6. The van der Waals surface area contributed by atoms with Crippen LogP contribution in [-0.4, -0.2) is 17.3 Å². The van der Waals surface area contributed by atoms with E-state index < -0.39 is 4.92 Å². The molecular formula is C23H22N2O3. The minimum absolute atomic E-state index is 0.0799. The first kappa shape index (κ1) is 19.3. The predicted octanol–water partition coefficient (Wildman–Crippen LogP) is 5.43. The standard InChI is InChI=1S/C23H22N2O3/c1-17(26)20-12-13-22(23(16-20)25(27)28)24-15-14-21(18-8-4-2-5-9-18)19-10-6-3-7-11-19/h2-13,16,21,24H,14-15H2,1H3. The predicted molar refractivity (Wildman–Crippen MR) is 111 cm³/mol. The molecule has 3 aromatic carbocycles. The minimum Gasteiger partial charge on any atom is -0.379 e. The Hall–Kier alpha value is -3.47. The first-order valence-corrected chi connectivity index (χ1v) is 9.19. The number of nitrogens with zero attached hydrogens (tertiary/aromatic N) is 1. The van der Waals surface area contributed by atoms with Crippen LogP contribution >= 0.6 is 0 Å². The smallest absolute Gasteiger partial charge is 0.293 e. The molecule has 3 rings (SSSR count). The number of hydrogen-bond acceptors (Lipinski definition) is 4. The highest BCUT2D eigenvalue weighted by molar-refractivity contribution is 5.95. The lowest BCUT2D eigenvalue weighted by molar-refractivity contribution is -0.384. The molecule has 0 spiro atoms. The van der Waals surface area contributed by atoms with E-state index in [1.165, 1.54) is 24.1 Å². The Kier molecular flexibility index (Phi) is 6.17. The Morgan fingerprint density at radius 1 is 0.964 bits per heavy atom. The van der Waals surface area contributed by atoms with E-state index in [1.54, 1.807) is 12.1 Å². The number of nitro benzene ring substituents is 1. The molecular weight excluding hydrogens is 352 g/mol. The third-order valence-electron chi connectivity index (χ3n) is 4.75. The summed E-state index contributed by atoms with van der Waals surface area (Å²) in [6, 6.07) is 25.0. The second-order valence-electron chi connectivity index (χ2n) is 6.63. The Bertz CT molecular complexity index is 917. The Balaban J connectivity index is 1.78. The van der Waals surface area contributed by atoms with Crippen molar-refractivity contribution >= 4 is 17.2 Å². The molecule has 28 heavy (non-hydrogen) atoms. The fourth-order valence-corrected chi connectivity index (χ4v) is 3.30. The summed E-state index contributed by atoms with van der Waals surface area (Å²) in [6.07, 6.45) is 0.777. The summed E-state index contributed by atoms with van der Waals surface area (Å²) >= 11 is 0. The molecule has 1 N–H and O–H groups in total. The first-order valence-electron chi connectivity index (χ1n) is 9.19. The van der Waals surface area contributed by atoms with Gasteiger partial charge in [-0.1, -0.05) is 60.7 Å². The fourth-order valence-electron chi connectivity index (χ4n) is 3.30. The van der Waals surface area contributed by atoms with Gasteiger partial charge in [0, 0.05) is 24.1 Å². The normalized spacial score (nSPS) is 10.6. The molecule has 0 aromatic heterocycles. The van der Waals surface area contributed by atoms with E-state index in [1.807, 2.05) is 36.4 Å². The van der Waals surface area contributed by atoms with Crippen LogP contribution in [0.4, 0.5) is 11.4 Å². The lowest BCUT2D eigenvalue weighted by atomic mass is 9.88. The maximum Gasteiger partial charge on any atom is 0.293 e. The molecule has 0 unspecified atom stereocenters. The quantitative estimate of drug-likeness (QED) is 0.324. The number of Topliss-reactive ketones (excluding diaryl/α,β-unsaturated/α-hetero) is 1. The zero-order chi connectivity index (χ0) is 19.9. The maximum atomic E-state index is 11.5. The summed E-state index contributed by atoms with van der Waals surface area (Å²) in [5.41, 5.74) is 3.09. The van der Waals surface area contributed by atoms with Gasteiger partial charge in [0.1, 0.15) is 5.69 Å². The molecule has 5 nitrogen and oxygen atoms in total. The van der Waals surface area contributed by atoms with Crippen LogP contribution in [0, 0.1) is 10.1 Å². The van der Waals surface area contributed by atoms with Gasteiger partial charge in [-0.15, -0.1) is 0 Å². The molecule has 0 bridgehead atoms. The molecule has 5 heteroatoms. The SMILES string of the molecule is CC(=O)c1ccc(NCCC(c2ccccc2)c2ccccc2)c([N+](=O)[O-])c1. The van der Waals surface area contributed by atoms with Crippen molar-refractivity contribution in [3.8, 4) is 0 Å². The van der Waals surface area contributed by atoms with E-state index in [0.717, 1.165) is 6.42 Å². The monoisotopic (exact) mass is 374 g/mol. The summed E-state index contributed by atoms with van der Waals surface area (Å²) in [7, 11) is 0. The van der Waals surface area contributed by atoms with Crippen molar-refractivity contribution < 1.29 is 9.72 Å². The Labute approximate surface area is 164 Å². The number of nitro groups is 1. The molecule has 0 amide bonds. The molecule has 3 aromatic rings. The van der Waals surface area contributed by atoms with Gasteiger partial charge in [0.15, 0.2) is 5.78 Å². The molecule has 0 aliphatic carbocycles. The van der Waals surface area contributed by atoms with Crippen LogP contribution in [0.1, 0.15) is 40.7 Å². The van der Waals surface area contributed by atoms with Crippen LogP contribution in [-0.2, 0) is 0 Å². The number of rotatable bonds is 8. The summed E-state index contributed by atoms with van der Waals surface area (Å²) in [5.74, 6) is -0.00619. The number of carbonyl (C=O) groups is 1. The lowest BCUT2D eigenvalue weighted by Crippen LogP contribution is -2.11. The molecule has 0 aliphatic heterocycles. The molecule has 0 atom stereocenters. The van der Waals surface area contributed by atoms with Crippen LogP contribution in [0.5, 0.6) is 0 Å². The number of anilines is 1. The molecule has 0 saturated carbocycles. The number of benzene rings is 3. The minimum atomic E-state index is -0.458. The number of carbonyl (C=O) groups excluding carboxylic acids is 1. The highest BCUT2D eigenvalue weighted by Gasteiger charge is 2.18. The number of hydrogen-bond donors (Lipinski definition) is 1. The molecule has 142 valence electrons. The number of ketones is 1. The van der Waals surface area contributed by atoms with E-state index in [2.05, 4.69) is 29.6 Å². The van der Waals surface area contributed by atoms with Gasteiger partial charge in [-0.05, 0) is 36.6 Å². The van der Waals surface area contributed by atoms with E-state index >= 15 is 0 Å². The van der Waals surface area contributed by atoms with E-state index in [0.29, 0.717) is 17.8 Å². The third-order valence-corrected chi connectivity index (χ3v) is 4.75. The van der Waals surface area contributed by atoms with E-state index in [-0.39, 0.29) is 17.4 Å². The zero-order valence-corrected chi connectivity index (χ0v) is 15.7. The molecule has 0 saturated heterocycles. The molecule has 0 heterocycles. The first-order chi connectivity index (χ1) is 13.6. The van der Waals surface area contributed by atoms with Gasteiger partial charge in [-0.2, -0.15) is 0 Å². The molecule has 0 fully saturated rings. The van der Waals surface area contributed by atoms with Crippen LogP contribution in [0.3, 0.4) is 0 Å². The van der Waals surface area contributed by atoms with Gasteiger partial charge in [-0.3, -0.25) is 14.9 Å². The van der Waals surface area contributed by atoms with Gasteiger partial charge >= 0.3 is 0 Å². The van der Waals surface area contributed by atoms with Crippen molar-refractivity contribution in [3.05, 3.63) is 106 Å². The second kappa shape index (κ2) is 8.95. The van der Waals surface area contributed by atoms with Crippen molar-refractivity contribution in [2.45, 2.75) is 19.3 Å². The van der Waals surface area contributed by atoms with E-state index in [9.17, 15) is 14.9 Å². The second-order valence-corrected chi connectivity index (χ2v) is 6.63. The summed E-state index contributed by atoms with van der Waals surface area (Å²) in [6.45, 7) is 1.96. The number of nitrogens with one attached hydrogen (secondary N) is 1. The average Bonchev–Trinajstić information content (AvgIpc) is 2.72. The van der Waals surface area contributed by atoms with Crippen LogP contribution in [0.25, 0.3) is 0 Å². The topological polar surface area (TPSA) is 72.2 Å². The van der Waals surface area contributed by atoms with Crippen LogP contribution in [0.15, 0.2) is 78.9 Å². The fraction of sp³-hybridized carbons (Fsp3) is 0.174. The Morgan fingerprint density at radius 2 is 1.54 bits per heavy atom. The molecule has 0 radical (unpaired) electrons.